The molecule has 0 amide bonds. The number of nitrogens with zero attached hydrogens (tertiary/aromatic N) is 1. The zero-order chi connectivity index (χ0) is 9.35. The van der Waals surface area contributed by atoms with Gasteiger partial charge < -0.3 is 0 Å². The molecular weight excluding hydrogens is 174 g/mol. The van der Waals surface area contributed by atoms with E-state index in [1.54, 1.807) is 4.31 Å². The van der Waals surface area contributed by atoms with Crippen LogP contribution in [0.4, 0.5) is 0 Å². The molecule has 3 nitrogen and oxygen atoms in total. The number of rotatable bonds is 1. The minimum absolute atomic E-state index is 0.115. The van der Waals surface area contributed by atoms with Crippen molar-refractivity contribution in [2.45, 2.75) is 26.3 Å². The van der Waals surface area contributed by atoms with Gasteiger partial charge in [-0.15, -0.1) is 0 Å². The van der Waals surface area contributed by atoms with Gasteiger partial charge in [-0.05, 0) is 20.3 Å². The normalized spacial score (nSPS) is 26.9. The minimum Gasteiger partial charge on any atom is -0.212 e. The molecule has 0 N–H and O–H groups in total. The van der Waals surface area contributed by atoms with E-state index < -0.39 is 10.0 Å². The van der Waals surface area contributed by atoms with Crippen LogP contribution in [0.5, 0.6) is 0 Å². The standard InChI is InChI=1S/C8H15NO2S/c1-7-4-5-8(2)9(6-7)12(3,10)11/h4,8H,5-6H2,1-3H3/t8-/m0/s1. The fourth-order valence-electron chi connectivity index (χ4n) is 1.40. The van der Waals surface area contributed by atoms with Gasteiger partial charge in [0, 0.05) is 12.6 Å². The molecule has 0 radical (unpaired) electrons. The zero-order valence-corrected chi connectivity index (χ0v) is 8.56. The third kappa shape index (κ3) is 2.08. The number of hydrogen-bond donors (Lipinski definition) is 0. The van der Waals surface area contributed by atoms with Gasteiger partial charge in [0.2, 0.25) is 10.0 Å². The average molecular weight is 189 g/mol. The summed E-state index contributed by atoms with van der Waals surface area (Å²) in [4.78, 5) is 0. The smallest absolute Gasteiger partial charge is 0.211 e. The molecule has 0 saturated heterocycles. The molecule has 0 aromatic heterocycles. The molecule has 1 rings (SSSR count). The summed E-state index contributed by atoms with van der Waals surface area (Å²) in [6, 6.07) is 0.115. The topological polar surface area (TPSA) is 37.4 Å². The van der Waals surface area contributed by atoms with Crippen LogP contribution in [0, 0.1) is 0 Å². The van der Waals surface area contributed by atoms with Crippen molar-refractivity contribution >= 4 is 10.0 Å². The molecule has 12 heavy (non-hydrogen) atoms. The third-order valence-electron chi connectivity index (χ3n) is 2.13. The van der Waals surface area contributed by atoms with Crippen LogP contribution < -0.4 is 0 Å². The van der Waals surface area contributed by atoms with Crippen molar-refractivity contribution in [1.82, 2.24) is 4.31 Å². The van der Waals surface area contributed by atoms with Crippen molar-refractivity contribution in [1.29, 1.82) is 0 Å². The summed E-state index contributed by atoms with van der Waals surface area (Å²) in [5.41, 5.74) is 1.14. The lowest BCUT2D eigenvalue weighted by atomic mass is 10.1. The molecule has 1 heterocycles. The fourth-order valence-corrected chi connectivity index (χ4v) is 2.58. The Labute approximate surface area is 74.1 Å². The molecular formula is C8H15NO2S. The molecule has 0 unspecified atom stereocenters. The molecule has 1 aliphatic heterocycles. The van der Waals surface area contributed by atoms with Crippen LogP contribution in [-0.4, -0.2) is 31.6 Å². The van der Waals surface area contributed by atoms with Gasteiger partial charge in [-0.3, -0.25) is 0 Å². The van der Waals surface area contributed by atoms with Crippen molar-refractivity contribution < 1.29 is 8.42 Å². The first-order valence-electron chi connectivity index (χ1n) is 4.03. The summed E-state index contributed by atoms with van der Waals surface area (Å²) in [6.45, 7) is 4.45. The Kier molecular flexibility index (Phi) is 2.58. The highest BCUT2D eigenvalue weighted by molar-refractivity contribution is 7.88. The van der Waals surface area contributed by atoms with Crippen molar-refractivity contribution in [2.24, 2.45) is 0 Å². The van der Waals surface area contributed by atoms with Gasteiger partial charge in [0.1, 0.15) is 0 Å². The highest BCUT2D eigenvalue weighted by Crippen LogP contribution is 2.18. The first kappa shape index (κ1) is 9.74. The molecule has 4 heteroatoms. The molecule has 0 aliphatic carbocycles. The highest BCUT2D eigenvalue weighted by atomic mass is 32.2. The largest absolute Gasteiger partial charge is 0.212 e. The fraction of sp³-hybridized carbons (Fsp3) is 0.750. The predicted octanol–water partition coefficient (Wildman–Crippen LogP) is 0.987. The van der Waals surface area contributed by atoms with Crippen molar-refractivity contribution in [3.63, 3.8) is 0 Å². The van der Waals surface area contributed by atoms with Crippen LogP contribution in [0.2, 0.25) is 0 Å². The van der Waals surface area contributed by atoms with Gasteiger partial charge in [0.05, 0.1) is 6.26 Å². The maximum atomic E-state index is 11.2. The van der Waals surface area contributed by atoms with Crippen LogP contribution in [0.1, 0.15) is 20.3 Å². The van der Waals surface area contributed by atoms with Crippen LogP contribution in [0.3, 0.4) is 0 Å². The average Bonchev–Trinajstić information content (AvgIpc) is 1.92. The summed E-state index contributed by atoms with van der Waals surface area (Å²) in [6.07, 6.45) is 4.20. The molecule has 0 bridgehead atoms. The van der Waals surface area contributed by atoms with Crippen LogP contribution >= 0.6 is 0 Å². The molecule has 0 aromatic carbocycles. The van der Waals surface area contributed by atoms with Gasteiger partial charge in [-0.25, -0.2) is 8.42 Å². The first-order valence-corrected chi connectivity index (χ1v) is 5.88. The Morgan fingerprint density at radius 1 is 1.58 bits per heavy atom. The summed E-state index contributed by atoms with van der Waals surface area (Å²) < 4.78 is 24.0. The first-order chi connectivity index (χ1) is 5.41. The lowest BCUT2D eigenvalue weighted by Gasteiger charge is -2.30. The van der Waals surface area contributed by atoms with Crippen molar-refractivity contribution in [2.75, 3.05) is 12.8 Å². The second-order valence-electron chi connectivity index (χ2n) is 3.44. The molecule has 1 atom stereocenters. The molecule has 0 fully saturated rings. The second kappa shape index (κ2) is 3.18. The van der Waals surface area contributed by atoms with E-state index in [0.717, 1.165) is 12.0 Å². The second-order valence-corrected chi connectivity index (χ2v) is 5.38. The summed E-state index contributed by atoms with van der Waals surface area (Å²) >= 11 is 0. The maximum Gasteiger partial charge on any atom is 0.211 e. The SMILES string of the molecule is CC1=CC[C@H](C)N(S(C)(=O)=O)C1. The third-order valence-corrected chi connectivity index (χ3v) is 3.47. The van der Waals surface area contributed by atoms with E-state index >= 15 is 0 Å². The summed E-state index contributed by atoms with van der Waals surface area (Å²) in [5.74, 6) is 0. The Hall–Kier alpha value is -0.350. The molecule has 70 valence electrons. The van der Waals surface area contributed by atoms with Gasteiger partial charge in [-0.2, -0.15) is 4.31 Å². The Balaban J connectivity index is 2.87. The lowest BCUT2D eigenvalue weighted by molar-refractivity contribution is 0.346. The molecule has 1 aliphatic rings. The van der Waals surface area contributed by atoms with Crippen molar-refractivity contribution in [3.8, 4) is 0 Å². The van der Waals surface area contributed by atoms with Crippen LogP contribution in [0.15, 0.2) is 11.6 Å². The number of hydrogen-bond acceptors (Lipinski definition) is 2. The molecule has 0 spiro atoms. The van der Waals surface area contributed by atoms with Gasteiger partial charge >= 0.3 is 0 Å². The predicted molar refractivity (Wildman–Crippen MR) is 49.4 cm³/mol. The van der Waals surface area contributed by atoms with E-state index in [4.69, 9.17) is 0 Å². The zero-order valence-electron chi connectivity index (χ0n) is 7.74. The Morgan fingerprint density at radius 2 is 2.17 bits per heavy atom. The van der Waals surface area contributed by atoms with E-state index in [2.05, 4.69) is 6.08 Å². The van der Waals surface area contributed by atoms with E-state index in [9.17, 15) is 8.42 Å². The van der Waals surface area contributed by atoms with E-state index in [-0.39, 0.29) is 6.04 Å². The lowest BCUT2D eigenvalue weighted by Crippen LogP contribution is -2.40. The quantitative estimate of drug-likeness (QED) is 0.577. The van der Waals surface area contributed by atoms with Crippen molar-refractivity contribution in [3.05, 3.63) is 11.6 Å². The Morgan fingerprint density at radius 3 is 2.58 bits per heavy atom. The monoisotopic (exact) mass is 189 g/mol. The summed E-state index contributed by atoms with van der Waals surface area (Å²) in [7, 11) is -3.02. The Bertz CT molecular complexity index is 292. The minimum atomic E-state index is -3.02. The van der Waals surface area contributed by atoms with Crippen LogP contribution in [0.25, 0.3) is 0 Å². The molecule has 0 aromatic rings. The van der Waals surface area contributed by atoms with Gasteiger partial charge in [0.15, 0.2) is 0 Å². The summed E-state index contributed by atoms with van der Waals surface area (Å²) in [5, 5.41) is 0. The van der Waals surface area contributed by atoms with E-state index in [1.165, 1.54) is 6.26 Å². The van der Waals surface area contributed by atoms with Gasteiger partial charge in [-0.1, -0.05) is 11.6 Å². The maximum absolute atomic E-state index is 11.2. The highest BCUT2D eigenvalue weighted by Gasteiger charge is 2.25. The molecule has 0 saturated carbocycles. The van der Waals surface area contributed by atoms with Gasteiger partial charge in [0.25, 0.3) is 0 Å². The van der Waals surface area contributed by atoms with E-state index in [1.807, 2.05) is 13.8 Å². The number of sulfonamides is 1. The van der Waals surface area contributed by atoms with E-state index in [0.29, 0.717) is 6.54 Å². The van der Waals surface area contributed by atoms with Crippen LogP contribution in [-0.2, 0) is 10.0 Å².